The molecule has 0 unspecified atom stereocenters. The minimum Gasteiger partial charge on any atom is -0.465 e. The third-order valence-electron chi connectivity index (χ3n) is 4.30. The number of rotatable bonds is 5. The van der Waals surface area contributed by atoms with Crippen LogP contribution in [0.3, 0.4) is 0 Å². The van der Waals surface area contributed by atoms with Gasteiger partial charge in [0.25, 0.3) is 10.0 Å². The van der Waals surface area contributed by atoms with Crippen molar-refractivity contribution in [1.29, 1.82) is 0 Å². The molecule has 27 heavy (non-hydrogen) atoms. The van der Waals surface area contributed by atoms with Gasteiger partial charge in [-0.15, -0.1) is 0 Å². The number of ether oxygens (including phenoxy) is 1. The van der Waals surface area contributed by atoms with Gasteiger partial charge in [-0.3, -0.25) is 4.79 Å². The molecule has 0 saturated heterocycles. The van der Waals surface area contributed by atoms with Crippen LogP contribution < -0.4 is 4.72 Å². The molecule has 6 nitrogen and oxygen atoms in total. The van der Waals surface area contributed by atoms with E-state index in [-0.39, 0.29) is 16.5 Å². The number of hydrogen-bond acceptors (Lipinski definition) is 5. The predicted octanol–water partition coefficient (Wildman–Crippen LogP) is 3.50. The molecule has 1 N–H and O–H groups in total. The Kier molecular flexibility index (Phi) is 5.60. The summed E-state index contributed by atoms with van der Waals surface area (Å²) in [5.74, 6) is -1.92. The number of nitrogens with one attached hydrogen (secondary N) is 1. The summed E-state index contributed by atoms with van der Waals surface area (Å²) in [6.45, 7) is 0. The van der Waals surface area contributed by atoms with Gasteiger partial charge in [0, 0.05) is 15.4 Å². The number of amides is 1. The molecule has 1 fully saturated rings. The van der Waals surface area contributed by atoms with Crippen LogP contribution in [0.25, 0.3) is 0 Å². The second-order valence-electron chi connectivity index (χ2n) is 6.10. The van der Waals surface area contributed by atoms with Crippen molar-refractivity contribution in [2.75, 3.05) is 7.11 Å². The third kappa shape index (κ3) is 4.34. The summed E-state index contributed by atoms with van der Waals surface area (Å²) < 4.78 is 32.9. The lowest BCUT2D eigenvalue weighted by Crippen LogP contribution is -2.33. The van der Waals surface area contributed by atoms with Crippen LogP contribution in [0.4, 0.5) is 0 Å². The van der Waals surface area contributed by atoms with Crippen molar-refractivity contribution in [3.05, 3.63) is 63.1 Å². The number of carbonyl (C=O) groups excluding carboxylic acids is 2. The molecule has 0 radical (unpaired) electrons. The van der Waals surface area contributed by atoms with Crippen molar-refractivity contribution in [2.24, 2.45) is 5.92 Å². The smallest absolute Gasteiger partial charge is 0.339 e. The highest BCUT2D eigenvalue weighted by Crippen LogP contribution is 2.47. The van der Waals surface area contributed by atoms with Gasteiger partial charge in [-0.25, -0.2) is 17.9 Å². The standard InChI is InChI=1S/C18H15BrClNO5S/c1-26-18(23)13-7-6-12(20)8-16(13)27(24,25)21-17(22)15-9-14(15)10-2-4-11(19)5-3-10/h2-8,14-15H,9H2,1H3,(H,21,22)/t14-,15+/m0/s1. The molecule has 1 saturated carbocycles. The quantitative estimate of drug-likeness (QED) is 0.673. The van der Waals surface area contributed by atoms with E-state index in [2.05, 4.69) is 20.7 Å². The Morgan fingerprint density at radius 1 is 1.19 bits per heavy atom. The minimum absolute atomic E-state index is 0.0345. The van der Waals surface area contributed by atoms with Crippen molar-refractivity contribution in [2.45, 2.75) is 17.2 Å². The fourth-order valence-electron chi connectivity index (χ4n) is 2.82. The van der Waals surface area contributed by atoms with Gasteiger partial charge in [0.2, 0.25) is 5.91 Å². The fourth-order valence-corrected chi connectivity index (χ4v) is 4.57. The van der Waals surface area contributed by atoms with Crippen LogP contribution in [0, 0.1) is 5.92 Å². The van der Waals surface area contributed by atoms with E-state index in [1.165, 1.54) is 12.1 Å². The van der Waals surface area contributed by atoms with E-state index in [1.807, 2.05) is 29.0 Å². The molecule has 0 heterocycles. The largest absolute Gasteiger partial charge is 0.465 e. The summed E-state index contributed by atoms with van der Waals surface area (Å²) in [7, 11) is -3.14. The van der Waals surface area contributed by atoms with Crippen molar-refractivity contribution in [3.63, 3.8) is 0 Å². The summed E-state index contributed by atoms with van der Waals surface area (Å²) >= 11 is 9.21. The van der Waals surface area contributed by atoms with E-state index in [0.29, 0.717) is 6.42 Å². The Morgan fingerprint density at radius 2 is 1.85 bits per heavy atom. The van der Waals surface area contributed by atoms with Crippen LogP contribution in [-0.2, 0) is 19.6 Å². The Labute approximate surface area is 170 Å². The third-order valence-corrected chi connectivity index (χ3v) is 6.45. The SMILES string of the molecule is COC(=O)c1ccc(Cl)cc1S(=O)(=O)NC(=O)[C@@H]1C[C@H]1c1ccc(Br)cc1. The fraction of sp³-hybridized carbons (Fsp3) is 0.222. The number of benzene rings is 2. The summed E-state index contributed by atoms with van der Waals surface area (Å²) in [6, 6.07) is 11.3. The number of methoxy groups -OCH3 is 1. The Bertz CT molecular complexity index is 1010. The molecule has 0 spiro atoms. The van der Waals surface area contributed by atoms with Gasteiger partial charge in [0.05, 0.1) is 12.7 Å². The predicted molar refractivity (Wildman–Crippen MR) is 103 cm³/mol. The number of esters is 1. The van der Waals surface area contributed by atoms with E-state index in [9.17, 15) is 18.0 Å². The monoisotopic (exact) mass is 471 g/mol. The normalized spacial score (nSPS) is 18.6. The summed E-state index contributed by atoms with van der Waals surface area (Å²) in [5.41, 5.74) is 0.774. The van der Waals surface area contributed by atoms with Crippen molar-refractivity contribution in [3.8, 4) is 0 Å². The molecule has 9 heteroatoms. The van der Waals surface area contributed by atoms with Crippen LogP contribution in [0.5, 0.6) is 0 Å². The first kappa shape index (κ1) is 19.9. The Hall–Kier alpha value is -1.90. The summed E-state index contributed by atoms with van der Waals surface area (Å²) in [5, 5.41) is 0.120. The first-order valence-electron chi connectivity index (χ1n) is 7.93. The molecule has 0 bridgehead atoms. The average Bonchev–Trinajstić information content (AvgIpc) is 3.42. The van der Waals surface area contributed by atoms with E-state index < -0.39 is 32.7 Å². The molecule has 2 atom stereocenters. The number of sulfonamides is 1. The number of carbonyl (C=O) groups is 2. The van der Waals surface area contributed by atoms with Crippen molar-refractivity contribution >= 4 is 49.4 Å². The molecule has 0 aliphatic heterocycles. The lowest BCUT2D eigenvalue weighted by Gasteiger charge is -2.11. The van der Waals surface area contributed by atoms with Gasteiger partial charge in [-0.05, 0) is 48.2 Å². The maximum atomic E-state index is 12.7. The molecule has 2 aromatic rings. The zero-order chi connectivity index (χ0) is 19.8. The van der Waals surface area contributed by atoms with Crippen molar-refractivity contribution < 1.29 is 22.7 Å². The number of hydrogen-bond donors (Lipinski definition) is 1. The maximum absolute atomic E-state index is 12.7. The highest BCUT2D eigenvalue weighted by molar-refractivity contribution is 9.10. The maximum Gasteiger partial charge on any atom is 0.339 e. The lowest BCUT2D eigenvalue weighted by molar-refractivity contribution is -0.120. The van der Waals surface area contributed by atoms with Crippen LogP contribution in [0.1, 0.15) is 28.3 Å². The van der Waals surface area contributed by atoms with E-state index in [0.717, 1.165) is 23.2 Å². The first-order chi connectivity index (χ1) is 12.7. The molecule has 1 aliphatic carbocycles. The average molecular weight is 473 g/mol. The van der Waals surface area contributed by atoms with Crippen LogP contribution in [-0.4, -0.2) is 27.4 Å². The van der Waals surface area contributed by atoms with Crippen molar-refractivity contribution in [1.82, 2.24) is 4.72 Å². The van der Waals surface area contributed by atoms with Gasteiger partial charge < -0.3 is 4.74 Å². The van der Waals surface area contributed by atoms with Gasteiger partial charge in [0.15, 0.2) is 0 Å². The summed E-state index contributed by atoms with van der Waals surface area (Å²) in [6.07, 6.45) is 0.558. The van der Waals surface area contributed by atoms with Gasteiger partial charge in [-0.1, -0.05) is 39.7 Å². The molecule has 3 rings (SSSR count). The molecule has 0 aromatic heterocycles. The molecule has 142 valence electrons. The van der Waals surface area contributed by atoms with Gasteiger partial charge in [0.1, 0.15) is 4.90 Å². The molecule has 2 aromatic carbocycles. The number of halogens is 2. The highest BCUT2D eigenvalue weighted by Gasteiger charge is 2.45. The van der Waals surface area contributed by atoms with E-state index in [1.54, 1.807) is 0 Å². The molecule has 1 aliphatic rings. The van der Waals surface area contributed by atoms with Crippen LogP contribution in [0.2, 0.25) is 5.02 Å². The Morgan fingerprint density at radius 3 is 2.48 bits per heavy atom. The van der Waals surface area contributed by atoms with Crippen LogP contribution in [0.15, 0.2) is 51.8 Å². The Balaban J connectivity index is 1.79. The molecular weight excluding hydrogens is 458 g/mol. The second-order valence-corrected chi connectivity index (χ2v) is 9.10. The second kappa shape index (κ2) is 7.61. The van der Waals surface area contributed by atoms with Gasteiger partial charge >= 0.3 is 5.97 Å². The zero-order valence-corrected chi connectivity index (χ0v) is 17.3. The van der Waals surface area contributed by atoms with Gasteiger partial charge in [-0.2, -0.15) is 0 Å². The molecule has 1 amide bonds. The summed E-state index contributed by atoms with van der Waals surface area (Å²) in [4.78, 5) is 23.9. The minimum atomic E-state index is -4.28. The van der Waals surface area contributed by atoms with E-state index in [4.69, 9.17) is 11.6 Å². The van der Waals surface area contributed by atoms with Crippen LogP contribution >= 0.6 is 27.5 Å². The molecular formula is C18H15BrClNO5S. The topological polar surface area (TPSA) is 89.5 Å². The zero-order valence-electron chi connectivity index (χ0n) is 14.1. The lowest BCUT2D eigenvalue weighted by atomic mass is 10.1. The van der Waals surface area contributed by atoms with E-state index >= 15 is 0 Å². The first-order valence-corrected chi connectivity index (χ1v) is 10.6. The highest BCUT2D eigenvalue weighted by atomic mass is 79.9.